The second-order valence-electron chi connectivity index (χ2n) is 5.78. The molecule has 104 valence electrons. The van der Waals surface area contributed by atoms with Gasteiger partial charge in [-0.15, -0.1) is 5.10 Å². The zero-order chi connectivity index (χ0) is 13.4. The molecule has 0 aromatic carbocycles. The van der Waals surface area contributed by atoms with Gasteiger partial charge in [0.15, 0.2) is 5.69 Å². The first kappa shape index (κ1) is 12.6. The van der Waals surface area contributed by atoms with E-state index >= 15 is 0 Å². The molecule has 1 unspecified atom stereocenters. The summed E-state index contributed by atoms with van der Waals surface area (Å²) in [4.78, 5) is 13.2. The molecule has 1 N–H and O–H groups in total. The van der Waals surface area contributed by atoms with Gasteiger partial charge >= 0.3 is 5.97 Å². The Morgan fingerprint density at radius 2 is 2.11 bits per heavy atom. The Labute approximate surface area is 112 Å². The summed E-state index contributed by atoms with van der Waals surface area (Å²) in [6, 6.07) is 0.922. The average Bonchev–Trinajstić information content (AvgIpc) is 2.98. The van der Waals surface area contributed by atoms with Crippen LogP contribution in [-0.4, -0.2) is 50.1 Å². The van der Waals surface area contributed by atoms with Crippen LogP contribution in [0.3, 0.4) is 0 Å². The maximum absolute atomic E-state index is 10.8. The highest BCUT2D eigenvalue weighted by Crippen LogP contribution is 2.34. The number of aromatic nitrogens is 3. The lowest BCUT2D eigenvalue weighted by Gasteiger charge is -2.44. The standard InChI is InChI=1S/C13H20N4O2/c1-9(10-4-2-3-5-10)16-6-11(7-16)17-8-12(13(18)19)14-15-17/h8-11H,2-7H2,1H3,(H,18,19). The predicted octanol–water partition coefficient (Wildman–Crippen LogP) is 1.41. The first-order valence-corrected chi connectivity index (χ1v) is 7.04. The maximum Gasteiger partial charge on any atom is 0.358 e. The van der Waals surface area contributed by atoms with E-state index < -0.39 is 5.97 Å². The van der Waals surface area contributed by atoms with E-state index in [-0.39, 0.29) is 11.7 Å². The molecule has 3 rings (SSSR count). The lowest BCUT2D eigenvalue weighted by Crippen LogP contribution is -2.53. The van der Waals surface area contributed by atoms with Crippen LogP contribution in [0, 0.1) is 5.92 Å². The SMILES string of the molecule is CC(C1CCCC1)N1CC(n2cc(C(=O)O)nn2)C1. The molecule has 0 amide bonds. The topological polar surface area (TPSA) is 71.2 Å². The summed E-state index contributed by atoms with van der Waals surface area (Å²) >= 11 is 0. The van der Waals surface area contributed by atoms with Crippen molar-refractivity contribution in [3.05, 3.63) is 11.9 Å². The van der Waals surface area contributed by atoms with Crippen LogP contribution in [0.4, 0.5) is 0 Å². The molecular formula is C13H20N4O2. The number of likely N-dealkylation sites (tertiary alicyclic amines) is 1. The van der Waals surface area contributed by atoms with Crippen LogP contribution < -0.4 is 0 Å². The van der Waals surface area contributed by atoms with Crippen molar-refractivity contribution in [3.63, 3.8) is 0 Å². The first-order valence-electron chi connectivity index (χ1n) is 7.04. The minimum Gasteiger partial charge on any atom is -0.476 e. The highest BCUT2D eigenvalue weighted by molar-refractivity contribution is 5.84. The van der Waals surface area contributed by atoms with Gasteiger partial charge in [-0.05, 0) is 25.7 Å². The molecule has 1 saturated heterocycles. The van der Waals surface area contributed by atoms with E-state index in [0.29, 0.717) is 6.04 Å². The van der Waals surface area contributed by atoms with Crippen LogP contribution in [0.15, 0.2) is 6.20 Å². The molecule has 1 aliphatic heterocycles. The summed E-state index contributed by atoms with van der Waals surface area (Å²) < 4.78 is 1.70. The molecule has 1 aromatic rings. The van der Waals surface area contributed by atoms with E-state index in [2.05, 4.69) is 22.1 Å². The van der Waals surface area contributed by atoms with Crippen molar-refractivity contribution >= 4 is 5.97 Å². The average molecular weight is 264 g/mol. The molecule has 2 fully saturated rings. The molecule has 1 aliphatic carbocycles. The summed E-state index contributed by atoms with van der Waals surface area (Å²) in [7, 11) is 0. The monoisotopic (exact) mass is 264 g/mol. The van der Waals surface area contributed by atoms with Crippen molar-refractivity contribution in [1.82, 2.24) is 19.9 Å². The van der Waals surface area contributed by atoms with Gasteiger partial charge in [-0.25, -0.2) is 9.48 Å². The fourth-order valence-electron chi connectivity index (χ4n) is 3.28. The number of carbonyl (C=O) groups is 1. The smallest absolute Gasteiger partial charge is 0.358 e. The molecule has 6 heteroatoms. The van der Waals surface area contributed by atoms with Gasteiger partial charge in [0.05, 0.1) is 12.2 Å². The lowest BCUT2D eigenvalue weighted by atomic mass is 9.94. The van der Waals surface area contributed by atoms with E-state index in [1.54, 1.807) is 4.68 Å². The van der Waals surface area contributed by atoms with Gasteiger partial charge in [-0.1, -0.05) is 18.1 Å². The third-order valence-corrected chi connectivity index (χ3v) is 4.65. The summed E-state index contributed by atoms with van der Waals surface area (Å²) in [5, 5.41) is 16.4. The molecule has 0 radical (unpaired) electrons. The third-order valence-electron chi connectivity index (χ3n) is 4.65. The van der Waals surface area contributed by atoms with Crippen LogP contribution in [-0.2, 0) is 0 Å². The van der Waals surface area contributed by atoms with Crippen molar-refractivity contribution in [2.24, 2.45) is 5.92 Å². The number of hydrogen-bond acceptors (Lipinski definition) is 4. The first-order chi connectivity index (χ1) is 9.15. The fourth-order valence-corrected chi connectivity index (χ4v) is 3.28. The zero-order valence-electron chi connectivity index (χ0n) is 11.2. The second kappa shape index (κ2) is 4.92. The Balaban J connectivity index is 1.55. The predicted molar refractivity (Wildman–Crippen MR) is 69.0 cm³/mol. The van der Waals surface area contributed by atoms with Crippen molar-refractivity contribution in [1.29, 1.82) is 0 Å². The largest absolute Gasteiger partial charge is 0.476 e. The number of carboxylic acid groups (broad SMARTS) is 1. The van der Waals surface area contributed by atoms with Crippen molar-refractivity contribution in [2.45, 2.75) is 44.7 Å². The summed E-state index contributed by atoms with van der Waals surface area (Å²) in [5.74, 6) is -0.173. The number of rotatable bonds is 4. The molecule has 19 heavy (non-hydrogen) atoms. The van der Waals surface area contributed by atoms with Gasteiger partial charge in [-0.2, -0.15) is 0 Å². The number of carboxylic acids is 1. The number of aromatic carboxylic acids is 1. The van der Waals surface area contributed by atoms with E-state index in [1.165, 1.54) is 31.9 Å². The Morgan fingerprint density at radius 3 is 2.68 bits per heavy atom. The second-order valence-corrected chi connectivity index (χ2v) is 5.78. The van der Waals surface area contributed by atoms with Gasteiger partial charge in [-0.3, -0.25) is 4.90 Å². The third kappa shape index (κ3) is 2.36. The number of nitrogens with zero attached hydrogens (tertiary/aromatic N) is 4. The van der Waals surface area contributed by atoms with E-state index in [4.69, 9.17) is 5.11 Å². The van der Waals surface area contributed by atoms with E-state index in [1.807, 2.05) is 0 Å². The molecule has 0 bridgehead atoms. The van der Waals surface area contributed by atoms with Crippen LogP contribution >= 0.6 is 0 Å². The van der Waals surface area contributed by atoms with Gasteiger partial charge < -0.3 is 5.11 Å². The highest BCUT2D eigenvalue weighted by Gasteiger charge is 2.36. The van der Waals surface area contributed by atoms with E-state index in [9.17, 15) is 4.79 Å². The van der Waals surface area contributed by atoms with Gasteiger partial charge in [0, 0.05) is 19.1 Å². The Kier molecular flexibility index (Phi) is 3.26. The van der Waals surface area contributed by atoms with E-state index in [0.717, 1.165) is 19.0 Å². The molecule has 6 nitrogen and oxygen atoms in total. The van der Waals surface area contributed by atoms with Crippen molar-refractivity contribution in [3.8, 4) is 0 Å². The Hall–Kier alpha value is -1.43. The summed E-state index contributed by atoms with van der Waals surface area (Å²) in [5.41, 5.74) is 0.0299. The zero-order valence-corrected chi connectivity index (χ0v) is 11.2. The van der Waals surface area contributed by atoms with Crippen molar-refractivity contribution in [2.75, 3.05) is 13.1 Å². The summed E-state index contributed by atoms with van der Waals surface area (Å²) in [6.45, 7) is 4.23. The normalized spacial score (nSPS) is 23.4. The summed E-state index contributed by atoms with van der Waals surface area (Å²) in [6.07, 6.45) is 6.99. The van der Waals surface area contributed by atoms with Crippen LogP contribution in [0.5, 0.6) is 0 Å². The molecule has 1 atom stereocenters. The molecule has 1 aromatic heterocycles. The molecule has 0 spiro atoms. The van der Waals surface area contributed by atoms with Crippen LogP contribution in [0.2, 0.25) is 0 Å². The van der Waals surface area contributed by atoms with Gasteiger partial charge in [0.25, 0.3) is 0 Å². The van der Waals surface area contributed by atoms with Gasteiger partial charge in [0.2, 0.25) is 0 Å². The van der Waals surface area contributed by atoms with Crippen LogP contribution in [0.1, 0.15) is 49.1 Å². The molecular weight excluding hydrogens is 244 g/mol. The van der Waals surface area contributed by atoms with Crippen molar-refractivity contribution < 1.29 is 9.90 Å². The molecule has 1 saturated carbocycles. The molecule has 2 aliphatic rings. The molecule has 2 heterocycles. The minimum absolute atomic E-state index is 0.0299. The Bertz CT molecular complexity index is 461. The quantitative estimate of drug-likeness (QED) is 0.890. The highest BCUT2D eigenvalue weighted by atomic mass is 16.4. The number of hydrogen-bond donors (Lipinski definition) is 1. The lowest BCUT2D eigenvalue weighted by molar-refractivity contribution is 0.0341. The van der Waals surface area contributed by atoms with Crippen LogP contribution in [0.25, 0.3) is 0 Å². The Morgan fingerprint density at radius 1 is 1.42 bits per heavy atom. The maximum atomic E-state index is 10.8. The van der Waals surface area contributed by atoms with Gasteiger partial charge in [0.1, 0.15) is 0 Å². The fraction of sp³-hybridized carbons (Fsp3) is 0.769. The minimum atomic E-state index is -1.01.